The highest BCUT2D eigenvalue weighted by Gasteiger charge is 2.25. The Kier molecular flexibility index (Phi) is 4.10. The topological polar surface area (TPSA) is 63.0 Å². The lowest BCUT2D eigenvalue weighted by molar-refractivity contribution is 0.0507. The number of aromatic nitrogens is 1. The van der Waals surface area contributed by atoms with Crippen molar-refractivity contribution in [2.45, 2.75) is 20.3 Å². The van der Waals surface area contributed by atoms with Gasteiger partial charge in [0.1, 0.15) is 6.07 Å². The Morgan fingerprint density at radius 2 is 2.29 bits per heavy atom. The van der Waals surface area contributed by atoms with Crippen LogP contribution in [0.1, 0.15) is 40.5 Å². The highest BCUT2D eigenvalue weighted by Crippen LogP contribution is 2.27. The number of rotatable bonds is 3. The van der Waals surface area contributed by atoms with Gasteiger partial charge in [0.15, 0.2) is 5.69 Å². The summed E-state index contributed by atoms with van der Waals surface area (Å²) in [4.78, 5) is 15.0. The summed E-state index contributed by atoms with van der Waals surface area (Å²) in [5, 5.41) is 8.82. The first kappa shape index (κ1) is 13.0. The Balaban J connectivity index is 3.42. The molecule has 0 aliphatic carbocycles. The molecule has 0 aliphatic rings. The van der Waals surface area contributed by atoms with Crippen molar-refractivity contribution in [3.63, 3.8) is 0 Å². The SMILES string of the molecule is CCOC(=O)c1ncc(C)c(C#N)c1C(F)F. The molecule has 1 aromatic rings. The molecule has 0 bridgehead atoms. The lowest BCUT2D eigenvalue weighted by Gasteiger charge is -2.10. The maximum absolute atomic E-state index is 12.9. The number of alkyl halides is 2. The molecule has 0 saturated carbocycles. The van der Waals surface area contributed by atoms with Gasteiger partial charge < -0.3 is 4.74 Å². The van der Waals surface area contributed by atoms with E-state index in [9.17, 15) is 13.6 Å². The zero-order valence-corrected chi connectivity index (χ0v) is 9.33. The first-order chi connectivity index (χ1) is 8.02. The minimum Gasteiger partial charge on any atom is -0.461 e. The van der Waals surface area contributed by atoms with Crippen molar-refractivity contribution in [3.8, 4) is 6.07 Å². The molecule has 0 aliphatic heterocycles. The fraction of sp³-hybridized carbons (Fsp3) is 0.364. The van der Waals surface area contributed by atoms with Crippen LogP contribution in [-0.4, -0.2) is 17.6 Å². The second-order valence-corrected chi connectivity index (χ2v) is 3.21. The lowest BCUT2D eigenvalue weighted by atomic mass is 10.0. The van der Waals surface area contributed by atoms with Crippen LogP contribution in [0.4, 0.5) is 8.78 Å². The van der Waals surface area contributed by atoms with Gasteiger partial charge in [0, 0.05) is 6.20 Å². The number of nitriles is 1. The number of hydrogen-bond donors (Lipinski definition) is 0. The molecule has 1 heterocycles. The maximum atomic E-state index is 12.9. The van der Waals surface area contributed by atoms with E-state index in [1.54, 1.807) is 13.0 Å². The molecule has 0 aromatic carbocycles. The summed E-state index contributed by atoms with van der Waals surface area (Å²) in [6.07, 6.45) is -1.74. The second kappa shape index (κ2) is 5.34. The maximum Gasteiger partial charge on any atom is 0.357 e. The van der Waals surface area contributed by atoms with E-state index < -0.39 is 23.7 Å². The summed E-state index contributed by atoms with van der Waals surface area (Å²) < 4.78 is 30.3. The smallest absolute Gasteiger partial charge is 0.357 e. The predicted molar refractivity (Wildman–Crippen MR) is 54.6 cm³/mol. The molecule has 0 atom stereocenters. The zero-order valence-electron chi connectivity index (χ0n) is 9.33. The molecule has 0 unspecified atom stereocenters. The van der Waals surface area contributed by atoms with Crippen LogP contribution in [0.25, 0.3) is 0 Å². The van der Waals surface area contributed by atoms with Gasteiger partial charge in [0.25, 0.3) is 6.43 Å². The number of nitrogens with zero attached hydrogens (tertiary/aromatic N) is 2. The van der Waals surface area contributed by atoms with Crippen molar-refractivity contribution in [2.24, 2.45) is 0 Å². The van der Waals surface area contributed by atoms with Gasteiger partial charge in [-0.25, -0.2) is 18.6 Å². The summed E-state index contributed by atoms with van der Waals surface area (Å²) in [6, 6.07) is 1.65. The number of pyridine rings is 1. The van der Waals surface area contributed by atoms with Gasteiger partial charge in [-0.15, -0.1) is 0 Å². The van der Waals surface area contributed by atoms with Crippen molar-refractivity contribution in [3.05, 3.63) is 28.6 Å². The number of halogens is 2. The Morgan fingerprint density at radius 3 is 2.76 bits per heavy atom. The number of aryl methyl sites for hydroxylation is 1. The molecular formula is C11H10F2N2O2. The van der Waals surface area contributed by atoms with E-state index >= 15 is 0 Å². The molecule has 17 heavy (non-hydrogen) atoms. The number of esters is 1. The minimum atomic E-state index is -2.95. The van der Waals surface area contributed by atoms with Crippen LogP contribution in [0.3, 0.4) is 0 Å². The molecule has 0 amide bonds. The highest BCUT2D eigenvalue weighted by atomic mass is 19.3. The van der Waals surface area contributed by atoms with Crippen LogP contribution < -0.4 is 0 Å². The fourth-order valence-corrected chi connectivity index (χ4v) is 1.35. The standard InChI is InChI=1S/C11H10F2N2O2/c1-3-17-11(16)9-8(10(12)13)7(4-14)6(2)5-15-9/h5,10H,3H2,1-2H3. The summed E-state index contributed by atoms with van der Waals surface area (Å²) in [5.41, 5.74) is -1.08. The van der Waals surface area contributed by atoms with E-state index in [1.165, 1.54) is 13.1 Å². The number of carbonyl (C=O) groups excluding carboxylic acids is 1. The van der Waals surface area contributed by atoms with Crippen LogP contribution in [0.2, 0.25) is 0 Å². The Bertz CT molecular complexity index is 481. The van der Waals surface area contributed by atoms with Crippen molar-refractivity contribution in [1.29, 1.82) is 5.26 Å². The van der Waals surface area contributed by atoms with Crippen LogP contribution in [0, 0.1) is 18.3 Å². The third kappa shape index (κ3) is 2.56. The predicted octanol–water partition coefficient (Wildman–Crippen LogP) is 2.38. The van der Waals surface area contributed by atoms with E-state index in [-0.39, 0.29) is 12.2 Å². The van der Waals surface area contributed by atoms with Crippen molar-refractivity contribution in [2.75, 3.05) is 6.61 Å². The molecule has 6 heteroatoms. The molecule has 1 aromatic heterocycles. The third-order valence-electron chi connectivity index (χ3n) is 2.10. The van der Waals surface area contributed by atoms with Gasteiger partial charge in [-0.3, -0.25) is 0 Å². The molecule has 1 rings (SSSR count). The minimum absolute atomic E-state index is 0.0545. The van der Waals surface area contributed by atoms with Crippen molar-refractivity contribution < 1.29 is 18.3 Å². The average molecular weight is 240 g/mol. The largest absolute Gasteiger partial charge is 0.461 e. The molecule has 0 radical (unpaired) electrons. The van der Waals surface area contributed by atoms with Gasteiger partial charge in [0.2, 0.25) is 0 Å². The van der Waals surface area contributed by atoms with Gasteiger partial charge >= 0.3 is 5.97 Å². The average Bonchev–Trinajstić information content (AvgIpc) is 2.28. The van der Waals surface area contributed by atoms with Crippen LogP contribution in [0.15, 0.2) is 6.20 Å². The Morgan fingerprint density at radius 1 is 1.65 bits per heavy atom. The Hall–Kier alpha value is -2.03. The van der Waals surface area contributed by atoms with Crippen molar-refractivity contribution >= 4 is 5.97 Å². The number of hydrogen-bond acceptors (Lipinski definition) is 4. The second-order valence-electron chi connectivity index (χ2n) is 3.21. The summed E-state index contributed by atoms with van der Waals surface area (Å²) in [5.74, 6) is -0.945. The molecule has 0 fully saturated rings. The molecular weight excluding hydrogens is 230 g/mol. The highest BCUT2D eigenvalue weighted by molar-refractivity contribution is 5.89. The first-order valence-corrected chi connectivity index (χ1v) is 4.87. The van der Waals surface area contributed by atoms with E-state index in [2.05, 4.69) is 9.72 Å². The third-order valence-corrected chi connectivity index (χ3v) is 2.10. The molecule has 0 saturated heterocycles. The van der Waals surface area contributed by atoms with Gasteiger partial charge in [-0.1, -0.05) is 0 Å². The van der Waals surface area contributed by atoms with Gasteiger partial charge in [-0.05, 0) is 19.4 Å². The molecule has 4 nitrogen and oxygen atoms in total. The normalized spacial score (nSPS) is 10.1. The van der Waals surface area contributed by atoms with E-state index in [4.69, 9.17) is 5.26 Å². The number of ether oxygens (including phenoxy) is 1. The van der Waals surface area contributed by atoms with Gasteiger partial charge in [0.05, 0.1) is 17.7 Å². The van der Waals surface area contributed by atoms with E-state index in [0.29, 0.717) is 5.56 Å². The van der Waals surface area contributed by atoms with Gasteiger partial charge in [-0.2, -0.15) is 5.26 Å². The molecule has 0 spiro atoms. The molecule has 0 N–H and O–H groups in total. The lowest BCUT2D eigenvalue weighted by Crippen LogP contribution is -2.13. The van der Waals surface area contributed by atoms with Crippen LogP contribution in [0.5, 0.6) is 0 Å². The Labute approximate surface area is 96.8 Å². The quantitative estimate of drug-likeness (QED) is 0.761. The summed E-state index contributed by atoms with van der Waals surface area (Å²) in [6.45, 7) is 3.09. The monoisotopic (exact) mass is 240 g/mol. The summed E-state index contributed by atoms with van der Waals surface area (Å²) >= 11 is 0. The van der Waals surface area contributed by atoms with E-state index in [0.717, 1.165) is 0 Å². The van der Waals surface area contributed by atoms with Crippen LogP contribution >= 0.6 is 0 Å². The number of carbonyl (C=O) groups is 1. The van der Waals surface area contributed by atoms with Crippen molar-refractivity contribution in [1.82, 2.24) is 4.98 Å². The molecule has 90 valence electrons. The van der Waals surface area contributed by atoms with E-state index in [1.807, 2.05) is 0 Å². The first-order valence-electron chi connectivity index (χ1n) is 4.87. The summed E-state index contributed by atoms with van der Waals surface area (Å²) in [7, 11) is 0. The fourth-order valence-electron chi connectivity index (χ4n) is 1.35. The van der Waals surface area contributed by atoms with Crippen LogP contribution in [-0.2, 0) is 4.74 Å². The zero-order chi connectivity index (χ0) is 13.0.